The number of aliphatic hydroxyl groups excluding tert-OH is 1. The Bertz CT molecular complexity index is 117. The Morgan fingerprint density at radius 1 is 1.08 bits per heavy atom. The van der Waals surface area contributed by atoms with Crippen molar-refractivity contribution >= 4 is 0 Å². The summed E-state index contributed by atoms with van der Waals surface area (Å²) in [5.41, 5.74) is 0. The fourth-order valence-corrected chi connectivity index (χ4v) is 0.964. The minimum atomic E-state index is 0.304. The van der Waals surface area contributed by atoms with Crippen LogP contribution in [-0.4, -0.2) is 24.8 Å². The zero-order chi connectivity index (χ0) is 9.07. The highest BCUT2D eigenvalue weighted by atomic mass is 16.2. The van der Waals surface area contributed by atoms with Crippen LogP contribution in [0.25, 0.3) is 0 Å². The van der Waals surface area contributed by atoms with Crippen molar-refractivity contribution < 1.29 is 5.11 Å². The summed E-state index contributed by atoms with van der Waals surface area (Å²) in [7, 11) is 0. The van der Waals surface area contributed by atoms with Gasteiger partial charge in [0.15, 0.2) is 0 Å². The van der Waals surface area contributed by atoms with Crippen molar-refractivity contribution in [1.82, 2.24) is 5.32 Å². The molecule has 0 aliphatic carbocycles. The highest BCUT2D eigenvalue weighted by Crippen LogP contribution is 1.91. The third-order valence-electron chi connectivity index (χ3n) is 1.69. The molecule has 0 unspecified atom stereocenters. The molecule has 0 aromatic heterocycles. The quantitative estimate of drug-likeness (QED) is 0.422. The van der Waals surface area contributed by atoms with Crippen molar-refractivity contribution in [2.45, 2.75) is 32.1 Å². The van der Waals surface area contributed by atoms with Gasteiger partial charge in [-0.05, 0) is 38.8 Å². The first kappa shape index (κ1) is 11.5. The summed E-state index contributed by atoms with van der Waals surface area (Å²) >= 11 is 0. The van der Waals surface area contributed by atoms with Crippen LogP contribution in [0.2, 0.25) is 0 Å². The average Bonchev–Trinajstić information content (AvgIpc) is 2.10. The van der Waals surface area contributed by atoms with Crippen LogP contribution in [0.1, 0.15) is 32.1 Å². The van der Waals surface area contributed by atoms with Gasteiger partial charge in [-0.25, -0.2) is 0 Å². The van der Waals surface area contributed by atoms with E-state index in [0.717, 1.165) is 45.2 Å². The van der Waals surface area contributed by atoms with Crippen LogP contribution < -0.4 is 5.32 Å². The molecule has 70 valence electrons. The molecule has 0 saturated heterocycles. The lowest BCUT2D eigenvalue weighted by Crippen LogP contribution is -2.16. The molecule has 0 aromatic rings. The van der Waals surface area contributed by atoms with Crippen LogP contribution >= 0.6 is 0 Å². The summed E-state index contributed by atoms with van der Waals surface area (Å²) in [6, 6.07) is 0. The first-order valence-electron chi connectivity index (χ1n) is 4.67. The number of unbranched alkanes of at least 4 members (excludes halogenated alkanes) is 3. The topological polar surface area (TPSA) is 32.3 Å². The van der Waals surface area contributed by atoms with E-state index < -0.39 is 0 Å². The van der Waals surface area contributed by atoms with E-state index in [2.05, 4.69) is 11.2 Å². The van der Waals surface area contributed by atoms with Gasteiger partial charge >= 0.3 is 0 Å². The van der Waals surface area contributed by atoms with Gasteiger partial charge < -0.3 is 10.4 Å². The van der Waals surface area contributed by atoms with Crippen molar-refractivity contribution in [1.29, 1.82) is 0 Å². The summed E-state index contributed by atoms with van der Waals surface area (Å²) in [6.45, 7) is 2.36. The molecule has 0 radical (unpaired) electrons. The van der Waals surface area contributed by atoms with Gasteiger partial charge in [0.1, 0.15) is 0 Å². The van der Waals surface area contributed by atoms with Gasteiger partial charge in [-0.1, -0.05) is 0 Å². The van der Waals surface area contributed by atoms with Crippen molar-refractivity contribution in [2.24, 2.45) is 0 Å². The predicted octanol–water partition coefficient (Wildman–Crippen LogP) is 1.15. The molecule has 0 aliphatic rings. The largest absolute Gasteiger partial charge is 0.396 e. The normalized spacial score (nSPS) is 9.67. The molecule has 2 heteroatoms. The Balaban J connectivity index is 2.78. The Kier molecular flexibility index (Phi) is 10.0. The monoisotopic (exact) mass is 169 g/mol. The van der Waals surface area contributed by atoms with Crippen LogP contribution in [0.15, 0.2) is 0 Å². The Labute approximate surface area is 75.4 Å². The zero-order valence-corrected chi connectivity index (χ0v) is 7.68. The first-order valence-corrected chi connectivity index (χ1v) is 4.67. The maximum Gasteiger partial charge on any atom is 0.0431 e. The summed E-state index contributed by atoms with van der Waals surface area (Å²) < 4.78 is 0. The van der Waals surface area contributed by atoms with Gasteiger partial charge in [0, 0.05) is 13.0 Å². The summed E-state index contributed by atoms with van der Waals surface area (Å²) in [6.07, 6.45) is 10.2. The maximum absolute atomic E-state index is 8.49. The zero-order valence-electron chi connectivity index (χ0n) is 7.68. The molecule has 0 atom stereocenters. The summed E-state index contributed by atoms with van der Waals surface area (Å²) in [4.78, 5) is 0. The van der Waals surface area contributed by atoms with Gasteiger partial charge in [-0.3, -0.25) is 0 Å². The molecule has 0 fully saturated rings. The van der Waals surface area contributed by atoms with Crippen LogP contribution in [0.3, 0.4) is 0 Å². The van der Waals surface area contributed by atoms with Gasteiger partial charge in [-0.15, -0.1) is 12.3 Å². The minimum absolute atomic E-state index is 0.304. The fourth-order valence-electron chi connectivity index (χ4n) is 0.964. The number of hydrogen-bond donors (Lipinski definition) is 2. The molecule has 2 nitrogen and oxygen atoms in total. The standard InChI is InChI=1S/C10H19NO/c1-2-3-4-5-8-11-9-6-7-10-12/h1,11-12H,3-10H2. The van der Waals surface area contributed by atoms with E-state index in [9.17, 15) is 0 Å². The molecule has 2 N–H and O–H groups in total. The Morgan fingerprint density at radius 3 is 2.33 bits per heavy atom. The van der Waals surface area contributed by atoms with E-state index >= 15 is 0 Å². The molecule has 0 aromatic carbocycles. The molecule has 0 aliphatic heterocycles. The van der Waals surface area contributed by atoms with Gasteiger partial charge in [0.2, 0.25) is 0 Å². The summed E-state index contributed by atoms with van der Waals surface area (Å²) in [5.74, 6) is 2.62. The number of terminal acetylenes is 1. The van der Waals surface area contributed by atoms with Crippen LogP contribution in [-0.2, 0) is 0 Å². The van der Waals surface area contributed by atoms with Gasteiger partial charge in [0.05, 0.1) is 0 Å². The lowest BCUT2D eigenvalue weighted by Gasteiger charge is -2.01. The van der Waals surface area contributed by atoms with E-state index in [1.807, 2.05) is 0 Å². The van der Waals surface area contributed by atoms with E-state index in [1.165, 1.54) is 0 Å². The summed E-state index contributed by atoms with van der Waals surface area (Å²) in [5, 5.41) is 11.8. The van der Waals surface area contributed by atoms with Gasteiger partial charge in [-0.2, -0.15) is 0 Å². The highest BCUT2D eigenvalue weighted by Gasteiger charge is 1.88. The lowest BCUT2D eigenvalue weighted by atomic mass is 10.2. The fraction of sp³-hybridized carbons (Fsp3) is 0.800. The third-order valence-corrected chi connectivity index (χ3v) is 1.69. The number of nitrogens with one attached hydrogen (secondary N) is 1. The van der Waals surface area contributed by atoms with E-state index in [4.69, 9.17) is 11.5 Å². The van der Waals surface area contributed by atoms with Crippen molar-refractivity contribution in [3.8, 4) is 12.3 Å². The van der Waals surface area contributed by atoms with Crippen molar-refractivity contribution in [2.75, 3.05) is 19.7 Å². The number of rotatable bonds is 8. The molecule has 0 amide bonds. The van der Waals surface area contributed by atoms with Crippen molar-refractivity contribution in [3.63, 3.8) is 0 Å². The molecule has 0 rings (SSSR count). The molecule has 0 spiro atoms. The van der Waals surface area contributed by atoms with Crippen LogP contribution in [0.4, 0.5) is 0 Å². The molecular weight excluding hydrogens is 150 g/mol. The van der Waals surface area contributed by atoms with Gasteiger partial charge in [0.25, 0.3) is 0 Å². The Morgan fingerprint density at radius 2 is 1.75 bits per heavy atom. The van der Waals surface area contributed by atoms with Crippen molar-refractivity contribution in [3.05, 3.63) is 0 Å². The third kappa shape index (κ3) is 9.48. The lowest BCUT2D eigenvalue weighted by molar-refractivity contribution is 0.283. The molecule has 12 heavy (non-hydrogen) atoms. The molecular formula is C10H19NO. The molecule has 0 saturated carbocycles. The van der Waals surface area contributed by atoms with Crippen LogP contribution in [0, 0.1) is 12.3 Å². The smallest absolute Gasteiger partial charge is 0.0431 e. The molecule has 0 heterocycles. The second-order valence-corrected chi connectivity index (χ2v) is 2.84. The average molecular weight is 169 g/mol. The van der Waals surface area contributed by atoms with E-state index in [0.29, 0.717) is 6.61 Å². The number of hydrogen-bond acceptors (Lipinski definition) is 2. The van der Waals surface area contributed by atoms with E-state index in [1.54, 1.807) is 0 Å². The van der Waals surface area contributed by atoms with E-state index in [-0.39, 0.29) is 0 Å². The second-order valence-electron chi connectivity index (χ2n) is 2.84. The first-order chi connectivity index (χ1) is 5.91. The SMILES string of the molecule is C#CCCCCNCCCCO. The Hall–Kier alpha value is -0.520. The highest BCUT2D eigenvalue weighted by molar-refractivity contribution is 4.82. The maximum atomic E-state index is 8.49. The predicted molar refractivity (Wildman–Crippen MR) is 51.9 cm³/mol. The van der Waals surface area contributed by atoms with Crippen LogP contribution in [0.5, 0.6) is 0 Å². The minimum Gasteiger partial charge on any atom is -0.396 e. The second kappa shape index (κ2) is 10.5. The number of aliphatic hydroxyl groups is 1. The molecule has 0 bridgehead atoms.